The van der Waals surface area contributed by atoms with E-state index in [9.17, 15) is 0 Å². The van der Waals surface area contributed by atoms with Crippen LogP contribution in [0.2, 0.25) is 0 Å². The Morgan fingerprint density at radius 2 is 1.79 bits per heavy atom. The predicted molar refractivity (Wildman–Crippen MR) is 69.1 cm³/mol. The fourth-order valence-corrected chi connectivity index (χ4v) is 2.54. The smallest absolute Gasteiger partial charge is 0.0170 e. The van der Waals surface area contributed by atoms with Crippen LogP contribution in [0.1, 0.15) is 47.5 Å². The average molecular weight is 217 g/mol. The van der Waals surface area contributed by atoms with Crippen molar-refractivity contribution < 1.29 is 0 Å². The van der Waals surface area contributed by atoms with Gasteiger partial charge in [0.2, 0.25) is 0 Å². The summed E-state index contributed by atoms with van der Waals surface area (Å²) in [6, 6.07) is 0.645. The summed E-state index contributed by atoms with van der Waals surface area (Å²) in [5.41, 5.74) is 0. The van der Waals surface area contributed by atoms with Crippen LogP contribution in [-0.2, 0) is 0 Å². The van der Waals surface area contributed by atoms with Gasteiger partial charge in [0.15, 0.2) is 0 Å². The van der Waals surface area contributed by atoms with Gasteiger partial charge in [0, 0.05) is 11.3 Å². The third-order valence-corrected chi connectivity index (χ3v) is 3.90. The fourth-order valence-electron chi connectivity index (χ4n) is 1.17. The molecule has 0 radical (unpaired) electrons. The molecule has 2 unspecified atom stereocenters. The molecule has 0 aliphatic heterocycles. The van der Waals surface area contributed by atoms with Crippen LogP contribution in [-0.4, -0.2) is 23.6 Å². The normalized spacial score (nSPS) is 15.9. The number of rotatable bonds is 8. The third-order valence-electron chi connectivity index (χ3n) is 2.50. The van der Waals surface area contributed by atoms with Crippen LogP contribution in [0.25, 0.3) is 0 Å². The Morgan fingerprint density at radius 1 is 1.14 bits per heavy atom. The van der Waals surface area contributed by atoms with E-state index >= 15 is 0 Å². The molecule has 0 saturated carbocycles. The first-order valence-electron chi connectivity index (χ1n) is 5.92. The lowest BCUT2D eigenvalue weighted by Gasteiger charge is -2.21. The van der Waals surface area contributed by atoms with E-state index in [4.69, 9.17) is 0 Å². The van der Waals surface area contributed by atoms with Crippen LogP contribution in [0.15, 0.2) is 0 Å². The van der Waals surface area contributed by atoms with E-state index in [-0.39, 0.29) is 0 Å². The highest BCUT2D eigenvalue weighted by molar-refractivity contribution is 7.99. The molecule has 0 aromatic rings. The van der Waals surface area contributed by atoms with Gasteiger partial charge in [-0.05, 0) is 38.0 Å². The van der Waals surface area contributed by atoms with Crippen LogP contribution >= 0.6 is 11.8 Å². The predicted octanol–water partition coefficient (Wildman–Crippen LogP) is 3.54. The van der Waals surface area contributed by atoms with Gasteiger partial charge in [-0.1, -0.05) is 27.7 Å². The fraction of sp³-hybridized carbons (Fsp3) is 1.00. The van der Waals surface area contributed by atoms with Gasteiger partial charge in [-0.15, -0.1) is 0 Å². The summed E-state index contributed by atoms with van der Waals surface area (Å²) in [5, 5.41) is 4.29. The quantitative estimate of drug-likeness (QED) is 0.667. The standard InChI is InChI=1S/C12H27NS/c1-6-8-13-11(4)12(5)14-9-7-10(2)3/h10-13H,6-9H2,1-5H3. The van der Waals surface area contributed by atoms with Crippen LogP contribution < -0.4 is 5.32 Å². The van der Waals surface area contributed by atoms with Crippen molar-refractivity contribution in [2.24, 2.45) is 5.92 Å². The second kappa shape index (κ2) is 8.60. The lowest BCUT2D eigenvalue weighted by atomic mass is 10.2. The maximum atomic E-state index is 3.55. The molecular weight excluding hydrogens is 190 g/mol. The Balaban J connectivity index is 3.46. The zero-order valence-corrected chi connectivity index (χ0v) is 11.3. The highest BCUT2D eigenvalue weighted by atomic mass is 32.2. The molecule has 86 valence electrons. The molecule has 0 bridgehead atoms. The maximum absolute atomic E-state index is 3.55. The molecule has 0 aromatic heterocycles. The van der Waals surface area contributed by atoms with E-state index in [1.54, 1.807) is 0 Å². The van der Waals surface area contributed by atoms with Crippen molar-refractivity contribution in [2.75, 3.05) is 12.3 Å². The average Bonchev–Trinajstić information content (AvgIpc) is 2.13. The molecule has 0 spiro atoms. The van der Waals surface area contributed by atoms with Crippen LogP contribution in [0.3, 0.4) is 0 Å². The SMILES string of the molecule is CCCNC(C)C(C)SCCC(C)C. The van der Waals surface area contributed by atoms with Crippen molar-refractivity contribution in [1.82, 2.24) is 5.32 Å². The first kappa shape index (κ1) is 14.3. The Bertz CT molecular complexity index is 125. The van der Waals surface area contributed by atoms with Crippen LogP contribution in [0, 0.1) is 5.92 Å². The van der Waals surface area contributed by atoms with Crippen LogP contribution in [0.5, 0.6) is 0 Å². The molecule has 2 heteroatoms. The molecule has 0 aromatic carbocycles. The summed E-state index contributed by atoms with van der Waals surface area (Å²) >= 11 is 2.10. The van der Waals surface area contributed by atoms with E-state index in [0.29, 0.717) is 6.04 Å². The molecule has 0 heterocycles. The van der Waals surface area contributed by atoms with Crippen molar-refractivity contribution in [3.63, 3.8) is 0 Å². The summed E-state index contributed by atoms with van der Waals surface area (Å²) in [6.07, 6.45) is 2.57. The van der Waals surface area contributed by atoms with Gasteiger partial charge in [-0.25, -0.2) is 0 Å². The summed E-state index contributed by atoms with van der Waals surface area (Å²) < 4.78 is 0. The molecule has 0 amide bonds. The molecule has 1 N–H and O–H groups in total. The number of nitrogens with one attached hydrogen (secondary N) is 1. The van der Waals surface area contributed by atoms with Crippen molar-refractivity contribution in [3.8, 4) is 0 Å². The number of hydrogen-bond donors (Lipinski definition) is 1. The summed E-state index contributed by atoms with van der Waals surface area (Å²) in [5.74, 6) is 2.14. The minimum Gasteiger partial charge on any atom is -0.313 e. The molecule has 0 saturated heterocycles. The highest BCUT2D eigenvalue weighted by Gasteiger charge is 2.11. The third kappa shape index (κ3) is 7.69. The highest BCUT2D eigenvalue weighted by Crippen LogP contribution is 2.17. The maximum Gasteiger partial charge on any atom is 0.0170 e. The Kier molecular flexibility index (Phi) is 8.80. The second-order valence-corrected chi connectivity index (χ2v) is 5.99. The topological polar surface area (TPSA) is 12.0 Å². The number of thioether (sulfide) groups is 1. The minimum absolute atomic E-state index is 0.645. The Morgan fingerprint density at radius 3 is 2.29 bits per heavy atom. The van der Waals surface area contributed by atoms with E-state index in [2.05, 4.69) is 51.7 Å². The van der Waals surface area contributed by atoms with Crippen molar-refractivity contribution in [2.45, 2.75) is 58.8 Å². The first-order chi connectivity index (χ1) is 6.57. The largest absolute Gasteiger partial charge is 0.313 e. The minimum atomic E-state index is 0.645. The van der Waals surface area contributed by atoms with E-state index < -0.39 is 0 Å². The Hall–Kier alpha value is 0.310. The van der Waals surface area contributed by atoms with Gasteiger partial charge < -0.3 is 5.32 Å². The molecule has 2 atom stereocenters. The second-order valence-electron chi connectivity index (χ2n) is 4.50. The van der Waals surface area contributed by atoms with E-state index in [1.807, 2.05) is 0 Å². The molecule has 0 fully saturated rings. The number of hydrogen-bond acceptors (Lipinski definition) is 2. The zero-order valence-electron chi connectivity index (χ0n) is 10.5. The molecule has 14 heavy (non-hydrogen) atoms. The van der Waals surface area contributed by atoms with Crippen molar-refractivity contribution in [1.29, 1.82) is 0 Å². The lowest BCUT2D eigenvalue weighted by Crippen LogP contribution is -2.34. The summed E-state index contributed by atoms with van der Waals surface area (Å²) in [4.78, 5) is 0. The van der Waals surface area contributed by atoms with Crippen molar-refractivity contribution >= 4 is 11.8 Å². The van der Waals surface area contributed by atoms with Gasteiger partial charge in [-0.2, -0.15) is 11.8 Å². The molecule has 0 aliphatic carbocycles. The first-order valence-corrected chi connectivity index (χ1v) is 6.97. The summed E-state index contributed by atoms with van der Waals surface area (Å²) in [6.45, 7) is 12.6. The lowest BCUT2D eigenvalue weighted by molar-refractivity contribution is 0.541. The monoisotopic (exact) mass is 217 g/mol. The summed E-state index contributed by atoms with van der Waals surface area (Å²) in [7, 11) is 0. The molecule has 1 nitrogen and oxygen atoms in total. The van der Waals surface area contributed by atoms with Crippen molar-refractivity contribution in [3.05, 3.63) is 0 Å². The van der Waals surface area contributed by atoms with Gasteiger partial charge in [-0.3, -0.25) is 0 Å². The zero-order chi connectivity index (χ0) is 11.0. The molecular formula is C12H27NS. The van der Waals surface area contributed by atoms with Gasteiger partial charge in [0.05, 0.1) is 0 Å². The van der Waals surface area contributed by atoms with Gasteiger partial charge >= 0.3 is 0 Å². The van der Waals surface area contributed by atoms with Gasteiger partial charge in [0.1, 0.15) is 0 Å². The molecule has 0 aliphatic rings. The van der Waals surface area contributed by atoms with E-state index in [1.165, 1.54) is 18.6 Å². The molecule has 0 rings (SSSR count). The van der Waals surface area contributed by atoms with Gasteiger partial charge in [0.25, 0.3) is 0 Å². The van der Waals surface area contributed by atoms with Crippen LogP contribution in [0.4, 0.5) is 0 Å². The Labute approximate surface area is 94.4 Å². The van der Waals surface area contributed by atoms with E-state index in [0.717, 1.165) is 17.7 Å².